The molecule has 6 rings (SSSR count). The third-order valence-corrected chi connectivity index (χ3v) is 9.00. The number of amides is 2. The molecule has 14 heteroatoms. The Bertz CT molecular complexity index is 1970. The molecule has 1 N–H and O–H groups in total. The molecule has 0 saturated carbocycles. The summed E-state index contributed by atoms with van der Waals surface area (Å²) in [5.41, 5.74) is -2.36. The van der Waals surface area contributed by atoms with E-state index in [-0.39, 0.29) is 57.9 Å². The number of fused-ring (bicyclic) bond motifs is 4. The number of nitriles is 1. The molecule has 2 saturated heterocycles. The number of hydrogen-bond acceptors (Lipinski definition) is 9. The smallest absolute Gasteiger partial charge is 0.412 e. The molecule has 0 aliphatic carbocycles. The van der Waals surface area contributed by atoms with Crippen molar-refractivity contribution in [1.82, 2.24) is 14.9 Å². The van der Waals surface area contributed by atoms with Gasteiger partial charge in [0.25, 0.3) is 0 Å². The van der Waals surface area contributed by atoms with Crippen molar-refractivity contribution < 1.29 is 32.2 Å². The lowest BCUT2D eigenvalue weighted by Gasteiger charge is -2.42. The van der Waals surface area contributed by atoms with Crippen molar-refractivity contribution in [2.24, 2.45) is 0 Å². The number of piperazine rings is 1. The highest BCUT2D eigenvalue weighted by atomic mass is 32.1. The molecule has 2 atom stereocenters. The minimum absolute atomic E-state index is 0.00162. The van der Waals surface area contributed by atoms with Crippen LogP contribution in [0.3, 0.4) is 0 Å². The Morgan fingerprint density at radius 1 is 1.02 bits per heavy atom. The number of anilines is 2. The summed E-state index contributed by atoms with van der Waals surface area (Å²) in [7, 11) is 0. The Kier molecular flexibility index (Phi) is 7.94. The number of hydrogen-bond donors (Lipinski definition) is 1. The van der Waals surface area contributed by atoms with Crippen molar-refractivity contribution in [3.8, 4) is 17.2 Å². The molecule has 2 aliphatic heterocycles. The molecular formula is C33H33F3N6O4S. The minimum atomic E-state index is -1.19. The third kappa shape index (κ3) is 6.12. The fraction of sp³-hybridized carbons (Fsp3) is 0.424. The monoisotopic (exact) mass is 666 g/mol. The van der Waals surface area contributed by atoms with Gasteiger partial charge in [0.2, 0.25) is 0 Å². The lowest BCUT2D eigenvalue weighted by molar-refractivity contribution is 0.0122. The summed E-state index contributed by atoms with van der Waals surface area (Å²) in [4.78, 5) is 36.6. The average molecular weight is 667 g/mol. The first-order valence-electron chi connectivity index (χ1n) is 15.1. The van der Waals surface area contributed by atoms with Crippen LogP contribution >= 0.6 is 11.3 Å². The van der Waals surface area contributed by atoms with Crippen LogP contribution in [0, 0.1) is 29.0 Å². The predicted molar refractivity (Wildman–Crippen MR) is 172 cm³/mol. The fourth-order valence-electron chi connectivity index (χ4n) is 6.28. The minimum Gasteiger partial charge on any atom is -0.444 e. The van der Waals surface area contributed by atoms with E-state index in [1.165, 1.54) is 6.07 Å². The molecule has 4 aromatic rings. The summed E-state index contributed by atoms with van der Waals surface area (Å²) in [6.07, 6.45) is -1.04. The highest BCUT2D eigenvalue weighted by molar-refractivity contribution is 7.23. The first-order chi connectivity index (χ1) is 22.0. The van der Waals surface area contributed by atoms with E-state index in [9.17, 15) is 19.2 Å². The van der Waals surface area contributed by atoms with Gasteiger partial charge in [0.1, 0.15) is 39.4 Å². The Labute approximate surface area is 273 Å². The average Bonchev–Trinajstić information content (AvgIpc) is 3.44. The molecule has 2 aromatic heterocycles. The molecule has 0 unspecified atom stereocenters. The first kappa shape index (κ1) is 32.3. The third-order valence-electron chi connectivity index (χ3n) is 7.93. The molecule has 246 valence electrons. The van der Waals surface area contributed by atoms with Gasteiger partial charge in [-0.1, -0.05) is 12.1 Å². The zero-order valence-corrected chi connectivity index (χ0v) is 27.5. The Morgan fingerprint density at radius 2 is 1.68 bits per heavy atom. The maximum Gasteiger partial charge on any atom is 0.412 e. The lowest BCUT2D eigenvalue weighted by atomic mass is 9.97. The van der Waals surface area contributed by atoms with Crippen molar-refractivity contribution in [3.05, 3.63) is 47.5 Å². The zero-order valence-electron chi connectivity index (χ0n) is 26.7. The Hall–Kier alpha value is -4.64. The molecule has 2 amide bonds. The number of nitrogens with zero attached hydrogens (tertiary/aromatic N) is 5. The first-order valence-corrected chi connectivity index (χ1v) is 15.9. The van der Waals surface area contributed by atoms with E-state index in [4.69, 9.17) is 9.47 Å². The van der Waals surface area contributed by atoms with Gasteiger partial charge in [-0.25, -0.2) is 18.4 Å². The van der Waals surface area contributed by atoms with Crippen LogP contribution in [0.5, 0.6) is 0 Å². The van der Waals surface area contributed by atoms with E-state index >= 15 is 8.78 Å². The SMILES string of the molecule is CC(C)(C)OC(=O)Nc1sc2cccc(-c3c(F)cc4c(N5C[C@H]6CC[C@@H](C5)N6C(=O)OC(C)(C)C)nc(F)nc4c3F)c2c1C#N. The summed E-state index contributed by atoms with van der Waals surface area (Å²) >= 11 is 1.05. The predicted octanol–water partition coefficient (Wildman–Crippen LogP) is 7.74. The fourth-order valence-corrected chi connectivity index (χ4v) is 7.34. The number of carbonyl (C=O) groups excluding carboxylic acids is 2. The van der Waals surface area contributed by atoms with Crippen molar-refractivity contribution in [3.63, 3.8) is 0 Å². The van der Waals surface area contributed by atoms with Crippen molar-refractivity contribution in [2.45, 2.75) is 77.7 Å². The Balaban J connectivity index is 1.41. The van der Waals surface area contributed by atoms with E-state index in [0.29, 0.717) is 17.5 Å². The lowest BCUT2D eigenvalue weighted by Crippen LogP contribution is -2.57. The normalized spacial score (nSPS) is 18.0. The van der Waals surface area contributed by atoms with E-state index in [1.54, 1.807) is 63.5 Å². The molecule has 0 radical (unpaired) electrons. The van der Waals surface area contributed by atoms with E-state index in [1.807, 2.05) is 6.07 Å². The van der Waals surface area contributed by atoms with Crippen LogP contribution in [-0.4, -0.2) is 63.4 Å². The highest BCUT2D eigenvalue weighted by Gasteiger charge is 2.45. The van der Waals surface area contributed by atoms with Gasteiger partial charge in [0, 0.05) is 28.6 Å². The molecule has 47 heavy (non-hydrogen) atoms. The summed E-state index contributed by atoms with van der Waals surface area (Å²) in [5.74, 6) is -2.07. The van der Waals surface area contributed by atoms with Gasteiger partial charge in [0.05, 0.1) is 23.2 Å². The number of benzene rings is 2. The number of nitrogens with one attached hydrogen (secondary N) is 1. The number of aromatic nitrogens is 2. The van der Waals surface area contributed by atoms with Gasteiger partial charge >= 0.3 is 18.3 Å². The van der Waals surface area contributed by atoms with Crippen molar-refractivity contribution in [2.75, 3.05) is 23.3 Å². The molecule has 2 aromatic carbocycles. The summed E-state index contributed by atoms with van der Waals surface area (Å²) in [5, 5.41) is 13.0. The largest absolute Gasteiger partial charge is 0.444 e. The molecule has 2 fully saturated rings. The van der Waals surface area contributed by atoms with Gasteiger partial charge in [0.15, 0.2) is 5.82 Å². The second-order valence-electron chi connectivity index (χ2n) is 13.7. The Morgan fingerprint density at radius 3 is 2.30 bits per heavy atom. The van der Waals surface area contributed by atoms with Gasteiger partial charge in [-0.3, -0.25) is 10.2 Å². The topological polar surface area (TPSA) is 121 Å². The molecular weight excluding hydrogens is 633 g/mol. The molecule has 4 heterocycles. The van der Waals surface area contributed by atoms with Gasteiger partial charge in [-0.05, 0) is 72.1 Å². The second kappa shape index (κ2) is 11.6. The standard InChI is InChI=1S/C33H33F3N6O4S/c1-32(2,3)45-30(43)40-28-20(13-37)23-18(8-7-9-22(23)47-28)24-21(34)12-19-26(25(24)35)38-29(36)39-27(19)41-14-16-10-11-17(15-41)42(16)31(44)46-33(4,5)6/h7-9,12,16-17H,10-11,14-15H2,1-6H3,(H,40,43)/t16-,17+. The number of halogens is 3. The molecule has 2 aliphatic rings. The second-order valence-corrected chi connectivity index (χ2v) is 14.7. The number of thiophene rings is 1. The zero-order chi connectivity index (χ0) is 34.0. The van der Waals surface area contributed by atoms with Crippen LogP contribution in [0.4, 0.5) is 33.6 Å². The van der Waals surface area contributed by atoms with Gasteiger partial charge in [-0.2, -0.15) is 19.6 Å². The molecule has 2 bridgehead atoms. The van der Waals surface area contributed by atoms with Crippen molar-refractivity contribution in [1.29, 1.82) is 5.26 Å². The highest BCUT2D eigenvalue weighted by Crippen LogP contribution is 2.44. The summed E-state index contributed by atoms with van der Waals surface area (Å²) in [6, 6.07) is 7.28. The molecule has 10 nitrogen and oxygen atoms in total. The maximum atomic E-state index is 16.4. The maximum absolute atomic E-state index is 16.4. The van der Waals surface area contributed by atoms with E-state index in [0.717, 1.165) is 17.4 Å². The van der Waals surface area contributed by atoms with Gasteiger partial charge < -0.3 is 14.4 Å². The summed E-state index contributed by atoms with van der Waals surface area (Å²) < 4.78 is 59.0. The van der Waals surface area contributed by atoms with Crippen LogP contribution in [0.1, 0.15) is 59.9 Å². The van der Waals surface area contributed by atoms with Crippen LogP contribution in [-0.2, 0) is 9.47 Å². The molecule has 0 spiro atoms. The van der Waals surface area contributed by atoms with Crippen LogP contribution in [0.15, 0.2) is 24.3 Å². The van der Waals surface area contributed by atoms with E-state index < -0.39 is 52.2 Å². The number of ether oxygens (including phenoxy) is 2. The van der Waals surface area contributed by atoms with Crippen molar-refractivity contribution >= 4 is 55.3 Å². The van der Waals surface area contributed by atoms with Crippen LogP contribution < -0.4 is 10.2 Å². The summed E-state index contributed by atoms with van der Waals surface area (Å²) in [6.45, 7) is 11.0. The van der Waals surface area contributed by atoms with Crippen LogP contribution in [0.2, 0.25) is 0 Å². The number of carbonyl (C=O) groups is 2. The van der Waals surface area contributed by atoms with Gasteiger partial charge in [-0.15, -0.1) is 11.3 Å². The quantitative estimate of drug-likeness (QED) is 0.221. The number of rotatable bonds is 3. The van der Waals surface area contributed by atoms with Crippen LogP contribution in [0.25, 0.3) is 32.1 Å². The van der Waals surface area contributed by atoms with E-state index in [2.05, 4.69) is 15.3 Å².